The second-order valence-corrected chi connectivity index (χ2v) is 3.46. The standard InChI is InChI=1S/C7H12F3I/c1-2-6(5-11)3-4-7(8,9)10/h6H,2-5H2,1H3. The minimum absolute atomic E-state index is 0.234. The van der Waals surface area contributed by atoms with Crippen LogP contribution in [0.5, 0.6) is 0 Å². The second kappa shape index (κ2) is 5.22. The molecule has 0 nitrogen and oxygen atoms in total. The number of rotatable bonds is 4. The van der Waals surface area contributed by atoms with E-state index in [1.165, 1.54) is 0 Å². The van der Waals surface area contributed by atoms with Gasteiger partial charge in [-0.3, -0.25) is 0 Å². The van der Waals surface area contributed by atoms with Gasteiger partial charge in [-0.05, 0) is 12.3 Å². The van der Waals surface area contributed by atoms with Gasteiger partial charge in [0.05, 0.1) is 0 Å². The van der Waals surface area contributed by atoms with Crippen LogP contribution in [0.4, 0.5) is 13.2 Å². The zero-order chi connectivity index (χ0) is 8.91. The molecule has 0 bridgehead atoms. The maximum Gasteiger partial charge on any atom is 0.389 e. The molecule has 0 aliphatic heterocycles. The molecule has 0 radical (unpaired) electrons. The fourth-order valence-electron chi connectivity index (χ4n) is 0.758. The molecule has 0 saturated heterocycles. The van der Waals surface area contributed by atoms with Crippen molar-refractivity contribution < 1.29 is 13.2 Å². The summed E-state index contributed by atoms with van der Waals surface area (Å²) in [7, 11) is 0. The van der Waals surface area contributed by atoms with Gasteiger partial charge < -0.3 is 0 Å². The first-order chi connectivity index (χ1) is 4.99. The third-order valence-corrected chi connectivity index (χ3v) is 2.88. The number of halogens is 4. The summed E-state index contributed by atoms with van der Waals surface area (Å²) in [5, 5.41) is 0. The maximum absolute atomic E-state index is 11.7. The Morgan fingerprint density at radius 2 is 1.91 bits per heavy atom. The molecule has 0 aromatic carbocycles. The van der Waals surface area contributed by atoms with Gasteiger partial charge in [0.2, 0.25) is 0 Å². The van der Waals surface area contributed by atoms with Crippen LogP contribution in [0.3, 0.4) is 0 Å². The van der Waals surface area contributed by atoms with Crippen molar-refractivity contribution in [2.75, 3.05) is 4.43 Å². The third-order valence-electron chi connectivity index (χ3n) is 1.63. The largest absolute Gasteiger partial charge is 0.389 e. The Balaban J connectivity index is 3.51. The van der Waals surface area contributed by atoms with Crippen molar-refractivity contribution in [2.45, 2.75) is 32.4 Å². The summed E-state index contributed by atoms with van der Waals surface area (Å²) in [6, 6.07) is 0. The van der Waals surface area contributed by atoms with Crippen LogP contribution in [0.2, 0.25) is 0 Å². The molecule has 1 atom stereocenters. The summed E-state index contributed by atoms with van der Waals surface area (Å²) >= 11 is 2.13. The number of hydrogen-bond acceptors (Lipinski definition) is 0. The molecular formula is C7H12F3I. The predicted molar refractivity (Wildman–Crippen MR) is 48.0 cm³/mol. The van der Waals surface area contributed by atoms with E-state index in [1.807, 2.05) is 6.92 Å². The van der Waals surface area contributed by atoms with E-state index in [0.717, 1.165) is 10.8 Å². The van der Waals surface area contributed by atoms with E-state index in [9.17, 15) is 13.2 Å². The molecule has 0 N–H and O–H groups in total. The van der Waals surface area contributed by atoms with E-state index in [4.69, 9.17) is 0 Å². The summed E-state index contributed by atoms with van der Waals surface area (Å²) < 4.78 is 35.9. The highest BCUT2D eigenvalue weighted by atomic mass is 127. The second-order valence-electron chi connectivity index (χ2n) is 2.58. The lowest BCUT2D eigenvalue weighted by Gasteiger charge is -2.12. The van der Waals surface area contributed by atoms with E-state index >= 15 is 0 Å². The van der Waals surface area contributed by atoms with Gasteiger partial charge in [-0.15, -0.1) is 0 Å². The molecule has 11 heavy (non-hydrogen) atoms. The lowest BCUT2D eigenvalue weighted by atomic mass is 10.0. The molecule has 0 rings (SSSR count). The average Bonchev–Trinajstić information content (AvgIpc) is 1.88. The van der Waals surface area contributed by atoms with Crippen LogP contribution in [0, 0.1) is 5.92 Å². The Hall–Kier alpha value is 0.520. The minimum atomic E-state index is -3.97. The fourth-order valence-corrected chi connectivity index (χ4v) is 1.82. The summed E-state index contributed by atoms with van der Waals surface area (Å²) in [6.45, 7) is 1.93. The molecule has 0 saturated carbocycles. The molecule has 0 fully saturated rings. The van der Waals surface area contributed by atoms with E-state index < -0.39 is 12.6 Å². The van der Waals surface area contributed by atoms with Crippen LogP contribution in [-0.2, 0) is 0 Å². The number of alkyl halides is 4. The first-order valence-electron chi connectivity index (χ1n) is 3.62. The molecule has 0 amide bonds. The van der Waals surface area contributed by atoms with Gasteiger partial charge in [0.25, 0.3) is 0 Å². The van der Waals surface area contributed by atoms with Gasteiger partial charge in [0, 0.05) is 10.8 Å². The lowest BCUT2D eigenvalue weighted by Crippen LogP contribution is -2.11. The smallest absolute Gasteiger partial charge is 0.171 e. The van der Waals surface area contributed by atoms with Gasteiger partial charge >= 0.3 is 6.18 Å². The highest BCUT2D eigenvalue weighted by Gasteiger charge is 2.27. The summed E-state index contributed by atoms with van der Waals surface area (Å²) in [6.07, 6.45) is -3.48. The molecular weight excluding hydrogens is 268 g/mol. The van der Waals surface area contributed by atoms with Crippen molar-refractivity contribution >= 4 is 22.6 Å². The quantitative estimate of drug-likeness (QED) is 0.543. The average molecular weight is 280 g/mol. The summed E-state index contributed by atoms with van der Waals surface area (Å²) in [5.74, 6) is 0.234. The van der Waals surface area contributed by atoms with Crippen LogP contribution in [-0.4, -0.2) is 10.6 Å². The highest BCUT2D eigenvalue weighted by molar-refractivity contribution is 14.1. The first kappa shape index (κ1) is 11.5. The van der Waals surface area contributed by atoms with Gasteiger partial charge in [-0.1, -0.05) is 35.9 Å². The molecule has 1 unspecified atom stereocenters. The topological polar surface area (TPSA) is 0 Å². The van der Waals surface area contributed by atoms with Crippen molar-refractivity contribution in [3.63, 3.8) is 0 Å². The Morgan fingerprint density at radius 3 is 2.18 bits per heavy atom. The van der Waals surface area contributed by atoms with Crippen LogP contribution < -0.4 is 0 Å². The SMILES string of the molecule is CCC(CI)CCC(F)(F)F. The van der Waals surface area contributed by atoms with E-state index in [-0.39, 0.29) is 12.3 Å². The zero-order valence-corrected chi connectivity index (χ0v) is 8.58. The maximum atomic E-state index is 11.7. The predicted octanol–water partition coefficient (Wildman–Crippen LogP) is 3.79. The highest BCUT2D eigenvalue weighted by Crippen LogP contribution is 2.25. The molecule has 4 heteroatoms. The van der Waals surface area contributed by atoms with Crippen LogP contribution in [0.15, 0.2) is 0 Å². The normalized spacial score (nSPS) is 15.0. The van der Waals surface area contributed by atoms with E-state index in [1.54, 1.807) is 0 Å². The molecule has 0 aromatic heterocycles. The van der Waals surface area contributed by atoms with Crippen molar-refractivity contribution in [3.8, 4) is 0 Å². The Labute approximate surface area is 78.7 Å². The van der Waals surface area contributed by atoms with Crippen LogP contribution in [0.25, 0.3) is 0 Å². The first-order valence-corrected chi connectivity index (χ1v) is 5.15. The molecule has 0 aliphatic carbocycles. The summed E-state index contributed by atoms with van der Waals surface area (Å²) in [5.41, 5.74) is 0. The monoisotopic (exact) mass is 280 g/mol. The summed E-state index contributed by atoms with van der Waals surface area (Å²) in [4.78, 5) is 0. The van der Waals surface area contributed by atoms with E-state index in [2.05, 4.69) is 22.6 Å². The van der Waals surface area contributed by atoms with Gasteiger partial charge in [-0.25, -0.2) is 0 Å². The number of hydrogen-bond donors (Lipinski definition) is 0. The zero-order valence-electron chi connectivity index (χ0n) is 6.42. The molecule has 0 heterocycles. The van der Waals surface area contributed by atoms with Crippen LogP contribution >= 0.6 is 22.6 Å². The Kier molecular flexibility index (Phi) is 5.46. The van der Waals surface area contributed by atoms with E-state index in [0.29, 0.717) is 0 Å². The van der Waals surface area contributed by atoms with Crippen molar-refractivity contribution in [3.05, 3.63) is 0 Å². The third kappa shape index (κ3) is 6.90. The Bertz CT molecular complexity index is 96.3. The van der Waals surface area contributed by atoms with Gasteiger partial charge in [0.1, 0.15) is 0 Å². The minimum Gasteiger partial charge on any atom is -0.171 e. The van der Waals surface area contributed by atoms with Gasteiger partial charge in [-0.2, -0.15) is 13.2 Å². The molecule has 0 aromatic rings. The van der Waals surface area contributed by atoms with Crippen molar-refractivity contribution in [1.29, 1.82) is 0 Å². The Morgan fingerprint density at radius 1 is 1.36 bits per heavy atom. The van der Waals surface area contributed by atoms with Crippen molar-refractivity contribution in [1.82, 2.24) is 0 Å². The fraction of sp³-hybridized carbons (Fsp3) is 1.00. The lowest BCUT2D eigenvalue weighted by molar-refractivity contribution is -0.137. The molecule has 0 spiro atoms. The molecule has 0 aliphatic rings. The molecule has 68 valence electrons. The van der Waals surface area contributed by atoms with Crippen molar-refractivity contribution in [2.24, 2.45) is 5.92 Å². The van der Waals surface area contributed by atoms with Gasteiger partial charge in [0.15, 0.2) is 0 Å². The van der Waals surface area contributed by atoms with Crippen LogP contribution in [0.1, 0.15) is 26.2 Å².